The van der Waals surface area contributed by atoms with E-state index in [1.54, 1.807) is 0 Å². The van der Waals surface area contributed by atoms with Crippen LogP contribution in [0, 0.1) is 0 Å². The maximum atomic E-state index is 6.49. The minimum Gasteiger partial charge on any atom is -0.456 e. The summed E-state index contributed by atoms with van der Waals surface area (Å²) < 4.78 is 6.49. The summed E-state index contributed by atoms with van der Waals surface area (Å²) in [5.74, 6) is 3.59. The molecule has 230 valence electrons. The van der Waals surface area contributed by atoms with Gasteiger partial charge >= 0.3 is 0 Å². The van der Waals surface area contributed by atoms with Gasteiger partial charge in [0.25, 0.3) is 0 Å². The number of benzene rings is 6. The van der Waals surface area contributed by atoms with Crippen molar-refractivity contribution < 1.29 is 4.42 Å². The summed E-state index contributed by atoms with van der Waals surface area (Å²) >= 11 is 0. The first-order chi connectivity index (χ1) is 24.2. The zero-order valence-electron chi connectivity index (χ0n) is 26.1. The second-order valence-corrected chi connectivity index (χ2v) is 11.6. The molecule has 9 aromatic rings. The molecule has 7 heteroatoms. The van der Waals surface area contributed by atoms with Gasteiger partial charge in [-0.2, -0.15) is 0 Å². The SMILES string of the molecule is c1ccc(-c2nc(-c3ccccc3)nc(-c3ccc4c(c3)oc3cc(-c5nc(-c6ccccc6)nc(-c6ccccc6)n5)ccc34)n2)cc1. The first-order valence-corrected chi connectivity index (χ1v) is 16.0. The minimum atomic E-state index is 0.572. The average Bonchev–Trinajstić information content (AvgIpc) is 3.56. The predicted octanol–water partition coefficient (Wildman–Crippen LogP) is 9.96. The Morgan fingerprint density at radius 1 is 0.265 bits per heavy atom. The Hall–Kier alpha value is -6.86. The fraction of sp³-hybridized carbons (Fsp3) is 0. The van der Waals surface area contributed by atoms with E-state index in [4.69, 9.17) is 34.3 Å². The lowest BCUT2D eigenvalue weighted by molar-refractivity contribution is 0.669. The summed E-state index contributed by atoms with van der Waals surface area (Å²) in [4.78, 5) is 29.2. The van der Waals surface area contributed by atoms with E-state index in [0.717, 1.165) is 55.3 Å². The lowest BCUT2D eigenvalue weighted by Gasteiger charge is -2.08. The number of hydrogen-bond donors (Lipinski definition) is 0. The highest BCUT2D eigenvalue weighted by Crippen LogP contribution is 2.35. The van der Waals surface area contributed by atoms with Gasteiger partial charge in [-0.1, -0.05) is 133 Å². The molecule has 0 atom stereocenters. The summed E-state index contributed by atoms with van der Waals surface area (Å²) in [6.45, 7) is 0. The van der Waals surface area contributed by atoms with Crippen molar-refractivity contribution in [1.82, 2.24) is 29.9 Å². The molecular weight excluding hydrogens is 605 g/mol. The van der Waals surface area contributed by atoms with Crippen molar-refractivity contribution in [2.45, 2.75) is 0 Å². The molecule has 0 aliphatic heterocycles. The molecule has 49 heavy (non-hydrogen) atoms. The van der Waals surface area contributed by atoms with Crippen LogP contribution in [0.15, 0.2) is 162 Å². The van der Waals surface area contributed by atoms with Gasteiger partial charge in [-0.05, 0) is 24.3 Å². The van der Waals surface area contributed by atoms with Crippen LogP contribution in [0.2, 0.25) is 0 Å². The van der Waals surface area contributed by atoms with Crippen LogP contribution in [0.4, 0.5) is 0 Å². The van der Waals surface area contributed by atoms with Crippen LogP contribution in [-0.2, 0) is 0 Å². The first kappa shape index (κ1) is 28.4. The molecule has 0 amide bonds. The van der Waals surface area contributed by atoms with Crippen molar-refractivity contribution in [3.8, 4) is 68.3 Å². The Balaban J connectivity index is 1.15. The zero-order valence-corrected chi connectivity index (χ0v) is 26.1. The Bertz CT molecular complexity index is 2290. The molecule has 0 unspecified atom stereocenters. The third kappa shape index (κ3) is 5.49. The van der Waals surface area contributed by atoms with Crippen molar-refractivity contribution in [2.24, 2.45) is 0 Å². The monoisotopic (exact) mass is 630 g/mol. The molecule has 3 aromatic heterocycles. The molecule has 0 saturated carbocycles. The summed E-state index contributed by atoms with van der Waals surface area (Å²) in [5, 5.41) is 1.99. The highest BCUT2D eigenvalue weighted by Gasteiger charge is 2.17. The van der Waals surface area contributed by atoms with Gasteiger partial charge in [-0.3, -0.25) is 0 Å². The van der Waals surface area contributed by atoms with Crippen LogP contribution in [0.5, 0.6) is 0 Å². The predicted molar refractivity (Wildman–Crippen MR) is 193 cm³/mol. The molecule has 0 saturated heterocycles. The van der Waals surface area contributed by atoms with E-state index >= 15 is 0 Å². The number of fused-ring (bicyclic) bond motifs is 3. The van der Waals surface area contributed by atoms with Gasteiger partial charge in [0.05, 0.1) is 0 Å². The van der Waals surface area contributed by atoms with E-state index in [-0.39, 0.29) is 0 Å². The van der Waals surface area contributed by atoms with Crippen LogP contribution >= 0.6 is 0 Å². The summed E-state index contributed by atoms with van der Waals surface area (Å²) in [6, 6.07) is 52.0. The minimum absolute atomic E-state index is 0.572. The van der Waals surface area contributed by atoms with Gasteiger partial charge in [0.15, 0.2) is 34.9 Å². The van der Waals surface area contributed by atoms with E-state index < -0.39 is 0 Å². The Morgan fingerprint density at radius 3 is 0.816 bits per heavy atom. The number of rotatable bonds is 6. The van der Waals surface area contributed by atoms with Crippen molar-refractivity contribution in [2.75, 3.05) is 0 Å². The second kappa shape index (κ2) is 12.1. The maximum Gasteiger partial charge on any atom is 0.164 e. The van der Waals surface area contributed by atoms with Crippen molar-refractivity contribution in [3.63, 3.8) is 0 Å². The lowest BCUT2D eigenvalue weighted by atomic mass is 10.1. The van der Waals surface area contributed by atoms with Crippen LogP contribution in [0.1, 0.15) is 0 Å². The number of aromatic nitrogens is 6. The van der Waals surface area contributed by atoms with E-state index in [1.807, 2.05) is 146 Å². The maximum absolute atomic E-state index is 6.49. The third-order valence-electron chi connectivity index (χ3n) is 8.39. The summed E-state index contributed by atoms with van der Waals surface area (Å²) in [5.41, 5.74) is 6.82. The van der Waals surface area contributed by atoms with Gasteiger partial charge in [0, 0.05) is 44.2 Å². The molecule has 0 fully saturated rings. The van der Waals surface area contributed by atoms with Crippen molar-refractivity contribution >= 4 is 21.9 Å². The van der Waals surface area contributed by atoms with E-state index in [9.17, 15) is 0 Å². The van der Waals surface area contributed by atoms with Crippen LogP contribution in [0.25, 0.3) is 90.3 Å². The smallest absolute Gasteiger partial charge is 0.164 e. The van der Waals surface area contributed by atoms with E-state index in [2.05, 4.69) is 12.1 Å². The zero-order chi connectivity index (χ0) is 32.6. The molecule has 0 spiro atoms. The molecule has 3 heterocycles. The molecule has 0 radical (unpaired) electrons. The largest absolute Gasteiger partial charge is 0.456 e. The van der Waals surface area contributed by atoms with Gasteiger partial charge in [0.1, 0.15) is 11.2 Å². The molecule has 0 aliphatic rings. The summed E-state index contributed by atoms with van der Waals surface area (Å²) in [7, 11) is 0. The van der Waals surface area contributed by atoms with Gasteiger partial charge in [-0.15, -0.1) is 0 Å². The standard InChI is InChI=1S/C42H26N6O/c1-5-13-27(14-6-1)37-43-38(28-15-7-2-8-16-28)46-41(45-37)31-21-23-33-34-24-22-32(26-36(34)49-35(33)25-31)42-47-39(29-17-9-3-10-18-29)44-40(48-42)30-19-11-4-12-20-30/h1-26H. The second-order valence-electron chi connectivity index (χ2n) is 11.6. The number of furan rings is 1. The average molecular weight is 631 g/mol. The van der Waals surface area contributed by atoms with Crippen molar-refractivity contribution in [3.05, 3.63) is 158 Å². The van der Waals surface area contributed by atoms with E-state index in [0.29, 0.717) is 34.9 Å². The topological polar surface area (TPSA) is 90.5 Å². The molecule has 0 N–H and O–H groups in total. The molecule has 0 bridgehead atoms. The Morgan fingerprint density at radius 2 is 0.531 bits per heavy atom. The molecule has 7 nitrogen and oxygen atoms in total. The molecule has 0 aliphatic carbocycles. The molecule has 9 rings (SSSR count). The van der Waals surface area contributed by atoms with Crippen LogP contribution < -0.4 is 0 Å². The molecule has 6 aromatic carbocycles. The fourth-order valence-corrected chi connectivity index (χ4v) is 5.93. The van der Waals surface area contributed by atoms with Gasteiger partial charge in [0.2, 0.25) is 0 Å². The molecular formula is C42H26N6O. The lowest BCUT2D eigenvalue weighted by Crippen LogP contribution is -2.00. The normalized spacial score (nSPS) is 11.3. The number of hydrogen-bond acceptors (Lipinski definition) is 7. The quantitative estimate of drug-likeness (QED) is 0.181. The third-order valence-corrected chi connectivity index (χ3v) is 8.39. The fourth-order valence-electron chi connectivity index (χ4n) is 5.93. The van der Waals surface area contributed by atoms with Gasteiger partial charge in [-0.25, -0.2) is 29.9 Å². The first-order valence-electron chi connectivity index (χ1n) is 16.0. The van der Waals surface area contributed by atoms with Crippen LogP contribution in [-0.4, -0.2) is 29.9 Å². The van der Waals surface area contributed by atoms with E-state index in [1.165, 1.54) is 0 Å². The summed E-state index contributed by atoms with van der Waals surface area (Å²) in [6.07, 6.45) is 0. The van der Waals surface area contributed by atoms with Crippen molar-refractivity contribution in [1.29, 1.82) is 0 Å². The Kier molecular flexibility index (Phi) is 6.98. The highest BCUT2D eigenvalue weighted by molar-refractivity contribution is 6.06. The Labute approximate surface area is 281 Å². The highest BCUT2D eigenvalue weighted by atomic mass is 16.3. The van der Waals surface area contributed by atoms with Gasteiger partial charge < -0.3 is 4.42 Å². The number of nitrogens with zero attached hydrogens (tertiary/aromatic N) is 6. The van der Waals surface area contributed by atoms with Crippen LogP contribution in [0.3, 0.4) is 0 Å².